The first-order valence-electron chi connectivity index (χ1n) is 3.94. The van der Waals surface area contributed by atoms with Gasteiger partial charge in [0.15, 0.2) is 0 Å². The third-order valence-corrected chi connectivity index (χ3v) is 1.77. The van der Waals surface area contributed by atoms with Crippen LogP contribution in [0, 0.1) is 6.92 Å². The number of nitrogens with two attached hydrogens (primary N) is 1. The Morgan fingerprint density at radius 2 is 2.08 bits per heavy atom. The largest absolute Gasteiger partial charge is 0.394 e. The average Bonchev–Trinajstić information content (AvgIpc) is 2.05. The van der Waals surface area contributed by atoms with Gasteiger partial charge in [-0.15, -0.1) is 0 Å². The van der Waals surface area contributed by atoms with Crippen LogP contribution in [0.25, 0.3) is 0 Å². The second kappa shape index (κ2) is 4.09. The van der Waals surface area contributed by atoms with Crippen molar-refractivity contribution in [1.29, 1.82) is 0 Å². The molecule has 66 valence electrons. The Kier molecular flexibility index (Phi) is 3.08. The molecule has 3 N–H and O–H groups in total. The summed E-state index contributed by atoms with van der Waals surface area (Å²) < 4.78 is 0. The molecule has 0 fully saturated rings. The minimum Gasteiger partial charge on any atom is -0.394 e. The van der Waals surface area contributed by atoms with Crippen LogP contribution in [0.5, 0.6) is 0 Å². The van der Waals surface area contributed by atoms with Crippen molar-refractivity contribution >= 4 is 5.69 Å². The summed E-state index contributed by atoms with van der Waals surface area (Å²) in [6.07, 6.45) is 0. The Morgan fingerprint density at radius 3 is 2.67 bits per heavy atom. The summed E-state index contributed by atoms with van der Waals surface area (Å²) in [4.78, 5) is 0. The Morgan fingerprint density at radius 1 is 1.42 bits per heavy atom. The number of benzene rings is 1. The van der Waals surface area contributed by atoms with Gasteiger partial charge in [-0.1, -0.05) is 18.2 Å². The minimum absolute atomic E-state index is 0.0742. The zero-order valence-corrected chi connectivity index (χ0v) is 7.20. The molecule has 0 amide bonds. The van der Waals surface area contributed by atoms with E-state index in [1.165, 1.54) is 0 Å². The van der Waals surface area contributed by atoms with Crippen LogP contribution in [0.15, 0.2) is 24.3 Å². The van der Waals surface area contributed by atoms with Crippen molar-refractivity contribution in [3.05, 3.63) is 29.8 Å². The van der Waals surface area contributed by atoms with E-state index in [-0.39, 0.29) is 6.61 Å². The first-order chi connectivity index (χ1) is 5.75. The van der Waals surface area contributed by atoms with E-state index in [0.717, 1.165) is 11.3 Å². The highest BCUT2D eigenvalue weighted by atomic mass is 16.3. The van der Waals surface area contributed by atoms with E-state index < -0.39 is 0 Å². The second-order valence-electron chi connectivity index (χ2n) is 2.70. The van der Waals surface area contributed by atoms with Crippen molar-refractivity contribution in [2.75, 3.05) is 18.2 Å². The van der Waals surface area contributed by atoms with Gasteiger partial charge in [0.25, 0.3) is 0 Å². The van der Waals surface area contributed by atoms with E-state index in [1.807, 2.05) is 31.2 Å². The van der Waals surface area contributed by atoms with Crippen LogP contribution in [-0.2, 0) is 0 Å². The molecule has 0 aliphatic heterocycles. The molecule has 0 unspecified atom stereocenters. The molecule has 0 aliphatic carbocycles. The molecule has 3 heteroatoms. The van der Waals surface area contributed by atoms with Crippen molar-refractivity contribution < 1.29 is 5.11 Å². The van der Waals surface area contributed by atoms with E-state index in [0.29, 0.717) is 6.54 Å². The first kappa shape index (κ1) is 9.03. The Bertz CT molecular complexity index is 250. The lowest BCUT2D eigenvalue weighted by Gasteiger charge is -2.19. The van der Waals surface area contributed by atoms with E-state index in [1.54, 1.807) is 5.01 Å². The highest BCUT2D eigenvalue weighted by Crippen LogP contribution is 2.15. The molecule has 1 aromatic carbocycles. The van der Waals surface area contributed by atoms with Gasteiger partial charge < -0.3 is 10.1 Å². The molecule has 0 aliphatic rings. The fraction of sp³-hybridized carbons (Fsp3) is 0.333. The highest BCUT2D eigenvalue weighted by molar-refractivity contribution is 5.51. The van der Waals surface area contributed by atoms with Crippen LogP contribution in [-0.4, -0.2) is 18.3 Å². The molecule has 0 atom stereocenters. The van der Waals surface area contributed by atoms with Crippen LogP contribution >= 0.6 is 0 Å². The molecule has 3 nitrogen and oxygen atoms in total. The second-order valence-corrected chi connectivity index (χ2v) is 2.70. The zero-order valence-electron chi connectivity index (χ0n) is 7.20. The number of anilines is 1. The number of aliphatic hydroxyl groups excluding tert-OH is 1. The minimum atomic E-state index is 0.0742. The monoisotopic (exact) mass is 166 g/mol. The fourth-order valence-electron chi connectivity index (χ4n) is 1.11. The molecule has 0 aromatic heterocycles. The van der Waals surface area contributed by atoms with Crippen LogP contribution < -0.4 is 10.9 Å². The van der Waals surface area contributed by atoms with Crippen molar-refractivity contribution in [2.45, 2.75) is 6.92 Å². The molecule has 1 aromatic rings. The molecule has 0 saturated carbocycles. The summed E-state index contributed by atoms with van der Waals surface area (Å²) in [7, 11) is 0. The lowest BCUT2D eigenvalue weighted by molar-refractivity contribution is 0.302. The summed E-state index contributed by atoms with van der Waals surface area (Å²) in [5.74, 6) is 5.68. The highest BCUT2D eigenvalue weighted by Gasteiger charge is 2.01. The fourth-order valence-corrected chi connectivity index (χ4v) is 1.11. The number of para-hydroxylation sites is 1. The van der Waals surface area contributed by atoms with Crippen LogP contribution in [0.2, 0.25) is 0 Å². The molecular weight excluding hydrogens is 152 g/mol. The van der Waals surface area contributed by atoms with Crippen LogP contribution in [0.1, 0.15) is 5.56 Å². The van der Waals surface area contributed by atoms with E-state index in [2.05, 4.69) is 0 Å². The predicted molar refractivity (Wildman–Crippen MR) is 49.8 cm³/mol. The maximum Gasteiger partial charge on any atom is 0.0622 e. The van der Waals surface area contributed by atoms with E-state index >= 15 is 0 Å². The Balaban J connectivity index is 2.79. The number of nitrogens with zero attached hydrogens (tertiary/aromatic N) is 1. The lowest BCUT2D eigenvalue weighted by atomic mass is 10.2. The molecule has 0 spiro atoms. The molecule has 12 heavy (non-hydrogen) atoms. The number of aliphatic hydroxyl groups is 1. The van der Waals surface area contributed by atoms with Crippen LogP contribution in [0.4, 0.5) is 5.69 Å². The maximum absolute atomic E-state index is 8.67. The van der Waals surface area contributed by atoms with Gasteiger partial charge in [0.2, 0.25) is 0 Å². The van der Waals surface area contributed by atoms with E-state index in [9.17, 15) is 0 Å². The van der Waals surface area contributed by atoms with Gasteiger partial charge in [-0.3, -0.25) is 0 Å². The van der Waals surface area contributed by atoms with Gasteiger partial charge in [-0.2, -0.15) is 0 Å². The summed E-state index contributed by atoms with van der Waals surface area (Å²) in [5, 5.41) is 10.2. The summed E-state index contributed by atoms with van der Waals surface area (Å²) in [6.45, 7) is 2.53. The molecule has 0 saturated heterocycles. The molecule has 1 rings (SSSR count). The van der Waals surface area contributed by atoms with Gasteiger partial charge in [0.1, 0.15) is 0 Å². The van der Waals surface area contributed by atoms with E-state index in [4.69, 9.17) is 10.9 Å². The van der Waals surface area contributed by atoms with Gasteiger partial charge in [0.05, 0.1) is 18.8 Å². The van der Waals surface area contributed by atoms with Crippen LogP contribution in [0.3, 0.4) is 0 Å². The SMILES string of the molecule is Cc1ccccc1N(N)CCO. The lowest BCUT2D eigenvalue weighted by Crippen LogP contribution is -2.34. The molecule has 0 bridgehead atoms. The zero-order chi connectivity index (χ0) is 8.97. The number of hydrazine groups is 1. The van der Waals surface area contributed by atoms with Gasteiger partial charge >= 0.3 is 0 Å². The molecule has 0 heterocycles. The van der Waals surface area contributed by atoms with Gasteiger partial charge in [-0.25, -0.2) is 5.84 Å². The number of hydrogen-bond acceptors (Lipinski definition) is 3. The quantitative estimate of drug-likeness (QED) is 0.512. The average molecular weight is 166 g/mol. The first-order valence-corrected chi connectivity index (χ1v) is 3.94. The predicted octanol–water partition coefficient (Wildman–Crippen LogP) is 0.667. The number of hydrogen-bond donors (Lipinski definition) is 2. The topological polar surface area (TPSA) is 49.5 Å². The summed E-state index contributed by atoms with van der Waals surface area (Å²) >= 11 is 0. The standard InChI is InChI=1S/C9H14N2O/c1-8-4-2-3-5-9(8)11(10)6-7-12/h2-5,12H,6-7,10H2,1H3. The third-order valence-electron chi connectivity index (χ3n) is 1.77. The molecule has 0 radical (unpaired) electrons. The number of rotatable bonds is 3. The third kappa shape index (κ3) is 1.96. The smallest absolute Gasteiger partial charge is 0.0622 e. The van der Waals surface area contributed by atoms with Crippen molar-refractivity contribution in [3.63, 3.8) is 0 Å². The van der Waals surface area contributed by atoms with Gasteiger partial charge in [-0.05, 0) is 18.6 Å². The summed E-state index contributed by atoms with van der Waals surface area (Å²) in [6, 6.07) is 7.82. The van der Waals surface area contributed by atoms with Crippen molar-refractivity contribution in [1.82, 2.24) is 0 Å². The van der Waals surface area contributed by atoms with Crippen molar-refractivity contribution in [2.24, 2.45) is 5.84 Å². The Labute approximate surface area is 72.4 Å². The summed E-state index contributed by atoms with van der Waals surface area (Å²) in [5.41, 5.74) is 2.08. The maximum atomic E-state index is 8.67. The van der Waals surface area contributed by atoms with Crippen molar-refractivity contribution in [3.8, 4) is 0 Å². The van der Waals surface area contributed by atoms with Gasteiger partial charge in [0, 0.05) is 0 Å². The molecular formula is C9H14N2O. The Hall–Kier alpha value is -1.06. The number of aryl methyl sites for hydroxylation is 1. The normalized spacial score (nSPS) is 9.92.